The Morgan fingerprint density at radius 2 is 2.06 bits per heavy atom. The number of ether oxygens (including phenoxy) is 1. The number of carbonyl (C=O) groups is 1. The van der Waals surface area contributed by atoms with Crippen molar-refractivity contribution in [1.82, 2.24) is 0 Å². The van der Waals surface area contributed by atoms with E-state index >= 15 is 0 Å². The van der Waals surface area contributed by atoms with Gasteiger partial charge in [-0.05, 0) is 11.6 Å². The van der Waals surface area contributed by atoms with Crippen molar-refractivity contribution in [3.8, 4) is 0 Å². The Morgan fingerprint density at radius 1 is 1.31 bits per heavy atom. The average Bonchev–Trinajstić information content (AvgIpc) is 2.27. The molecule has 1 unspecified atom stereocenters. The van der Waals surface area contributed by atoms with Crippen molar-refractivity contribution in [3.05, 3.63) is 42.0 Å². The monoisotopic (exact) mass is 218 g/mol. The first-order chi connectivity index (χ1) is 7.74. The summed E-state index contributed by atoms with van der Waals surface area (Å²) in [7, 11) is 0. The highest BCUT2D eigenvalue weighted by molar-refractivity contribution is 5.71. The Morgan fingerprint density at radius 3 is 2.75 bits per heavy atom. The van der Waals surface area contributed by atoms with Crippen LogP contribution in [0.15, 0.2) is 36.4 Å². The van der Waals surface area contributed by atoms with Crippen molar-refractivity contribution >= 4 is 12.0 Å². The van der Waals surface area contributed by atoms with Gasteiger partial charge in [-0.3, -0.25) is 4.79 Å². The molecule has 3 nitrogen and oxygen atoms in total. The maximum atomic E-state index is 11.1. The summed E-state index contributed by atoms with van der Waals surface area (Å²) in [5.74, 6) is -0.332. The molecule has 16 heavy (non-hydrogen) atoms. The fraction of sp³-hybridized carbons (Fsp3) is 0.308. The van der Waals surface area contributed by atoms with E-state index in [0.29, 0.717) is 6.42 Å². The van der Waals surface area contributed by atoms with Gasteiger partial charge in [0.15, 0.2) is 0 Å². The lowest BCUT2D eigenvalue weighted by molar-refractivity contribution is -0.156. The molecule has 1 heterocycles. The number of aliphatic hydroxyl groups is 1. The number of rotatable bonds is 2. The van der Waals surface area contributed by atoms with Crippen LogP contribution in [0.2, 0.25) is 0 Å². The van der Waals surface area contributed by atoms with Crippen LogP contribution < -0.4 is 0 Å². The lowest BCUT2D eigenvalue weighted by Crippen LogP contribution is -2.31. The van der Waals surface area contributed by atoms with Crippen molar-refractivity contribution in [2.45, 2.75) is 25.0 Å². The highest BCUT2D eigenvalue weighted by Gasteiger charge is 2.25. The van der Waals surface area contributed by atoms with Gasteiger partial charge in [-0.2, -0.15) is 0 Å². The Hall–Kier alpha value is -1.61. The molecule has 0 amide bonds. The van der Waals surface area contributed by atoms with E-state index in [1.165, 1.54) is 0 Å². The van der Waals surface area contributed by atoms with Crippen LogP contribution in [0.3, 0.4) is 0 Å². The number of hydrogen-bond acceptors (Lipinski definition) is 3. The summed E-state index contributed by atoms with van der Waals surface area (Å²) >= 11 is 0. The molecule has 1 aliphatic rings. The number of benzene rings is 1. The molecule has 1 fully saturated rings. The van der Waals surface area contributed by atoms with E-state index in [1.807, 2.05) is 42.5 Å². The van der Waals surface area contributed by atoms with E-state index in [4.69, 9.17) is 4.74 Å². The van der Waals surface area contributed by atoms with Crippen LogP contribution in [-0.2, 0) is 9.53 Å². The Balaban J connectivity index is 1.99. The van der Waals surface area contributed by atoms with E-state index in [0.717, 1.165) is 5.56 Å². The molecule has 0 spiro atoms. The molecule has 0 bridgehead atoms. The first kappa shape index (κ1) is 10.9. The first-order valence-electron chi connectivity index (χ1n) is 5.35. The number of aliphatic hydroxyl groups excluding tert-OH is 1. The van der Waals surface area contributed by atoms with E-state index in [2.05, 4.69) is 0 Å². The molecule has 2 rings (SSSR count). The highest BCUT2D eigenvalue weighted by Crippen LogP contribution is 2.16. The van der Waals surface area contributed by atoms with Crippen LogP contribution >= 0.6 is 0 Å². The predicted molar refractivity (Wildman–Crippen MR) is 60.6 cm³/mol. The smallest absolute Gasteiger partial charge is 0.309 e. The first-order valence-corrected chi connectivity index (χ1v) is 5.35. The molecular weight excluding hydrogens is 204 g/mol. The zero-order valence-corrected chi connectivity index (χ0v) is 8.87. The third-order valence-electron chi connectivity index (χ3n) is 2.49. The second-order valence-electron chi connectivity index (χ2n) is 3.89. The fourth-order valence-corrected chi connectivity index (χ4v) is 1.71. The molecule has 0 saturated carbocycles. The molecule has 1 aliphatic heterocycles. The van der Waals surface area contributed by atoms with Crippen LogP contribution in [0.25, 0.3) is 6.08 Å². The van der Waals surface area contributed by atoms with Crippen molar-refractivity contribution < 1.29 is 14.6 Å². The summed E-state index contributed by atoms with van der Waals surface area (Å²) < 4.78 is 5.09. The molecule has 0 radical (unpaired) electrons. The molecule has 84 valence electrons. The minimum atomic E-state index is -0.577. The summed E-state index contributed by atoms with van der Waals surface area (Å²) in [5, 5.41) is 9.41. The summed E-state index contributed by atoms with van der Waals surface area (Å²) in [4.78, 5) is 11.1. The van der Waals surface area contributed by atoms with E-state index in [-0.39, 0.29) is 18.5 Å². The van der Waals surface area contributed by atoms with Crippen LogP contribution in [0.5, 0.6) is 0 Å². The van der Waals surface area contributed by atoms with Gasteiger partial charge in [-0.1, -0.05) is 36.4 Å². The average molecular weight is 218 g/mol. The molecule has 1 aromatic rings. The second kappa shape index (κ2) is 4.94. The Labute approximate surface area is 94.4 Å². The molecule has 0 aromatic heterocycles. The zero-order valence-electron chi connectivity index (χ0n) is 8.87. The summed E-state index contributed by atoms with van der Waals surface area (Å²) in [6, 6.07) is 9.78. The van der Waals surface area contributed by atoms with Crippen molar-refractivity contribution in [3.63, 3.8) is 0 Å². The molecule has 3 heteroatoms. The SMILES string of the molecule is O=C1C[C@H](O)CC(/C=C/c2ccccc2)O1. The molecular formula is C13H14O3. The largest absolute Gasteiger partial charge is 0.458 e. The van der Waals surface area contributed by atoms with Crippen LogP contribution in [-0.4, -0.2) is 23.3 Å². The number of hydrogen-bond donors (Lipinski definition) is 1. The minimum absolute atomic E-state index is 0.107. The maximum Gasteiger partial charge on any atom is 0.309 e. The summed E-state index contributed by atoms with van der Waals surface area (Å²) in [6.45, 7) is 0. The summed E-state index contributed by atoms with van der Waals surface area (Å²) in [5.41, 5.74) is 1.05. The lowest BCUT2D eigenvalue weighted by atomic mass is 10.0. The van der Waals surface area contributed by atoms with Gasteiger partial charge in [0, 0.05) is 6.42 Å². The van der Waals surface area contributed by atoms with Crippen LogP contribution in [0, 0.1) is 0 Å². The normalized spacial score (nSPS) is 25.7. The van der Waals surface area contributed by atoms with Crippen LogP contribution in [0.1, 0.15) is 18.4 Å². The Kier molecular flexibility index (Phi) is 3.37. The second-order valence-corrected chi connectivity index (χ2v) is 3.89. The quantitative estimate of drug-likeness (QED) is 0.769. The topological polar surface area (TPSA) is 46.5 Å². The fourth-order valence-electron chi connectivity index (χ4n) is 1.71. The maximum absolute atomic E-state index is 11.1. The van der Waals surface area contributed by atoms with Gasteiger partial charge in [0.25, 0.3) is 0 Å². The molecule has 1 saturated heterocycles. The molecule has 0 aliphatic carbocycles. The van der Waals surface area contributed by atoms with Crippen molar-refractivity contribution in [1.29, 1.82) is 0 Å². The van der Waals surface area contributed by atoms with Crippen molar-refractivity contribution in [2.24, 2.45) is 0 Å². The lowest BCUT2D eigenvalue weighted by Gasteiger charge is -2.23. The van der Waals surface area contributed by atoms with Gasteiger partial charge in [-0.15, -0.1) is 0 Å². The number of carbonyl (C=O) groups excluding carboxylic acids is 1. The molecule has 1 N–H and O–H groups in total. The van der Waals surface area contributed by atoms with Gasteiger partial charge >= 0.3 is 5.97 Å². The third kappa shape index (κ3) is 2.94. The van der Waals surface area contributed by atoms with E-state index in [1.54, 1.807) is 0 Å². The van der Waals surface area contributed by atoms with Gasteiger partial charge in [-0.25, -0.2) is 0 Å². The van der Waals surface area contributed by atoms with E-state index < -0.39 is 6.10 Å². The van der Waals surface area contributed by atoms with Crippen molar-refractivity contribution in [2.75, 3.05) is 0 Å². The van der Waals surface area contributed by atoms with Gasteiger partial charge < -0.3 is 9.84 Å². The van der Waals surface area contributed by atoms with Gasteiger partial charge in [0.1, 0.15) is 6.10 Å². The van der Waals surface area contributed by atoms with E-state index in [9.17, 15) is 9.90 Å². The Bertz CT molecular complexity index is 383. The predicted octanol–water partition coefficient (Wildman–Crippen LogP) is 1.77. The number of esters is 1. The highest BCUT2D eigenvalue weighted by atomic mass is 16.5. The zero-order chi connectivity index (χ0) is 11.4. The standard InChI is InChI=1S/C13H14O3/c14-11-8-12(16-13(15)9-11)7-6-10-4-2-1-3-5-10/h1-7,11-12,14H,8-9H2/b7-6+/t11-,12?/m1/s1. The van der Waals surface area contributed by atoms with Crippen LogP contribution in [0.4, 0.5) is 0 Å². The summed E-state index contributed by atoms with van der Waals surface area (Å²) in [6.07, 6.45) is 3.42. The minimum Gasteiger partial charge on any atom is -0.458 e. The van der Waals surface area contributed by atoms with Gasteiger partial charge in [0.05, 0.1) is 12.5 Å². The third-order valence-corrected chi connectivity index (χ3v) is 2.49. The number of cyclic esters (lactones) is 1. The molecule has 1 aromatic carbocycles. The molecule has 2 atom stereocenters. The van der Waals surface area contributed by atoms with Gasteiger partial charge in [0.2, 0.25) is 0 Å².